The van der Waals surface area contributed by atoms with E-state index in [0.29, 0.717) is 31.2 Å². The number of fused-ring (bicyclic) bond motifs is 1. The molecule has 0 radical (unpaired) electrons. The number of aromatic amines is 1. The lowest BCUT2D eigenvalue weighted by molar-refractivity contribution is -0.928. The van der Waals surface area contributed by atoms with Crippen molar-refractivity contribution in [3.8, 4) is 0 Å². The summed E-state index contributed by atoms with van der Waals surface area (Å²) < 4.78 is 1.94. The number of H-pyrrole nitrogens is 1. The average molecular weight is 383 g/mol. The van der Waals surface area contributed by atoms with Gasteiger partial charge in [0.15, 0.2) is 0 Å². The second-order valence-corrected chi connectivity index (χ2v) is 7.72. The topological polar surface area (TPSA) is 101 Å². The van der Waals surface area contributed by atoms with Crippen LogP contribution in [-0.4, -0.2) is 43.4 Å². The van der Waals surface area contributed by atoms with Gasteiger partial charge in [0.2, 0.25) is 5.82 Å². The summed E-state index contributed by atoms with van der Waals surface area (Å²) in [7, 11) is 0. The molecule has 1 atom stereocenters. The van der Waals surface area contributed by atoms with Crippen LogP contribution in [0.1, 0.15) is 48.7 Å². The molecule has 0 amide bonds. The van der Waals surface area contributed by atoms with Gasteiger partial charge in [-0.05, 0) is 47.2 Å². The van der Waals surface area contributed by atoms with Crippen molar-refractivity contribution in [2.24, 2.45) is 0 Å². The molecule has 4 rings (SSSR count). The van der Waals surface area contributed by atoms with Crippen molar-refractivity contribution in [2.45, 2.75) is 51.7 Å². The third-order valence-electron chi connectivity index (χ3n) is 5.71. The maximum Gasteiger partial charge on any atom is 0.257 e. The van der Waals surface area contributed by atoms with Gasteiger partial charge in [-0.25, -0.2) is 4.68 Å². The number of quaternary nitrogens is 1. The van der Waals surface area contributed by atoms with Gasteiger partial charge < -0.3 is 15.0 Å². The highest BCUT2D eigenvalue weighted by Gasteiger charge is 2.24. The minimum atomic E-state index is -0.0763. The molecule has 1 fully saturated rings. The maximum absolute atomic E-state index is 12.6. The zero-order chi connectivity index (χ0) is 19.5. The summed E-state index contributed by atoms with van der Waals surface area (Å²) in [5.74, 6) is 0.823. The van der Waals surface area contributed by atoms with E-state index in [9.17, 15) is 9.90 Å². The Balaban J connectivity index is 1.58. The van der Waals surface area contributed by atoms with Crippen LogP contribution in [-0.2, 0) is 13.1 Å². The summed E-state index contributed by atoms with van der Waals surface area (Å²) in [5, 5.41) is 22.9. The van der Waals surface area contributed by atoms with E-state index in [-0.39, 0.29) is 12.2 Å². The number of aryl methyl sites for hydroxylation is 1. The number of aliphatic hydroxyl groups is 1. The fourth-order valence-corrected chi connectivity index (χ4v) is 4.21. The van der Waals surface area contributed by atoms with E-state index in [0.717, 1.165) is 40.0 Å². The Morgan fingerprint density at radius 1 is 1.29 bits per heavy atom. The third-order valence-corrected chi connectivity index (χ3v) is 5.71. The Hall–Kier alpha value is -2.58. The van der Waals surface area contributed by atoms with Crippen LogP contribution in [0.3, 0.4) is 0 Å². The zero-order valence-corrected chi connectivity index (χ0v) is 16.2. The van der Waals surface area contributed by atoms with E-state index in [1.165, 1.54) is 12.8 Å². The molecule has 3 aromatic rings. The Bertz CT molecular complexity index is 1010. The minimum Gasteiger partial charge on any atom is -0.391 e. The van der Waals surface area contributed by atoms with Crippen molar-refractivity contribution in [2.75, 3.05) is 13.2 Å². The van der Waals surface area contributed by atoms with E-state index >= 15 is 0 Å². The number of benzene rings is 1. The summed E-state index contributed by atoms with van der Waals surface area (Å²) in [6, 6.07) is 8.32. The highest BCUT2D eigenvalue weighted by molar-refractivity contribution is 5.81. The van der Waals surface area contributed by atoms with E-state index in [2.05, 4.69) is 20.5 Å². The average Bonchev–Trinajstić information content (AvgIpc) is 3.35. The number of rotatable bonds is 7. The van der Waals surface area contributed by atoms with Crippen LogP contribution in [0, 0.1) is 6.92 Å². The summed E-state index contributed by atoms with van der Waals surface area (Å²) in [4.78, 5) is 16.7. The molecule has 8 heteroatoms. The van der Waals surface area contributed by atoms with Crippen molar-refractivity contribution in [1.29, 1.82) is 0 Å². The minimum absolute atomic E-state index is 0.0465. The monoisotopic (exact) mass is 383 g/mol. The molecule has 1 saturated carbocycles. The molecule has 1 aliphatic carbocycles. The molecule has 2 heterocycles. The molecule has 0 spiro atoms. The molecule has 2 aromatic heterocycles. The van der Waals surface area contributed by atoms with Crippen LogP contribution < -0.4 is 10.5 Å². The predicted octanol–water partition coefficient (Wildman–Crippen LogP) is 0.516. The van der Waals surface area contributed by atoms with Gasteiger partial charge in [-0.3, -0.25) is 4.79 Å². The first-order valence-electron chi connectivity index (χ1n) is 9.98. The molecule has 148 valence electrons. The van der Waals surface area contributed by atoms with E-state index in [1.54, 1.807) is 0 Å². The lowest BCUT2D eigenvalue weighted by Crippen LogP contribution is -3.10. The standard InChI is InChI=1S/C20H26N6O2/c1-14-5-4-6-15-11-16(20(28)21-19(14)15)12-25(9-10-27)13-18-22-23-24-26(18)17-7-2-3-8-17/h4-6,11,17,27H,2-3,7-10,12-13H2,1H3,(H,21,28)/p+1. The summed E-state index contributed by atoms with van der Waals surface area (Å²) in [6.07, 6.45) is 4.64. The predicted molar refractivity (Wildman–Crippen MR) is 105 cm³/mol. The fraction of sp³-hybridized carbons (Fsp3) is 0.500. The molecule has 1 aliphatic rings. The van der Waals surface area contributed by atoms with Gasteiger partial charge in [-0.15, -0.1) is 5.10 Å². The first kappa shape index (κ1) is 18.8. The van der Waals surface area contributed by atoms with Crippen LogP contribution in [0.5, 0.6) is 0 Å². The molecular weight excluding hydrogens is 356 g/mol. The third kappa shape index (κ3) is 3.83. The number of tetrazole rings is 1. The lowest BCUT2D eigenvalue weighted by atomic mass is 10.1. The van der Waals surface area contributed by atoms with Gasteiger partial charge in [0.1, 0.15) is 19.6 Å². The van der Waals surface area contributed by atoms with Crippen LogP contribution in [0.4, 0.5) is 0 Å². The van der Waals surface area contributed by atoms with Crippen LogP contribution in [0.2, 0.25) is 0 Å². The molecule has 1 unspecified atom stereocenters. The number of aromatic nitrogens is 5. The molecule has 0 saturated heterocycles. The molecular formula is C20H27N6O2+. The number of para-hydroxylation sites is 1. The van der Waals surface area contributed by atoms with Gasteiger partial charge >= 0.3 is 0 Å². The second-order valence-electron chi connectivity index (χ2n) is 7.72. The van der Waals surface area contributed by atoms with Gasteiger partial charge in [-0.2, -0.15) is 0 Å². The summed E-state index contributed by atoms with van der Waals surface area (Å²) >= 11 is 0. The zero-order valence-electron chi connectivity index (χ0n) is 16.2. The number of hydrogen-bond acceptors (Lipinski definition) is 5. The smallest absolute Gasteiger partial charge is 0.257 e. The van der Waals surface area contributed by atoms with E-state index in [4.69, 9.17) is 0 Å². The Labute approximate surface area is 163 Å². The van der Waals surface area contributed by atoms with Crippen LogP contribution >= 0.6 is 0 Å². The second kappa shape index (κ2) is 8.20. The Kier molecular flexibility index (Phi) is 5.50. The molecule has 1 aromatic carbocycles. The maximum atomic E-state index is 12.6. The van der Waals surface area contributed by atoms with Gasteiger partial charge in [-0.1, -0.05) is 31.0 Å². The molecule has 8 nitrogen and oxygen atoms in total. The molecule has 28 heavy (non-hydrogen) atoms. The number of nitrogens with one attached hydrogen (secondary N) is 2. The van der Waals surface area contributed by atoms with Gasteiger partial charge in [0.25, 0.3) is 5.56 Å². The normalized spacial score (nSPS) is 16.1. The molecule has 0 aliphatic heterocycles. The van der Waals surface area contributed by atoms with Crippen molar-refractivity contribution >= 4 is 10.9 Å². The first-order chi connectivity index (χ1) is 13.7. The highest BCUT2D eigenvalue weighted by atomic mass is 16.3. The number of aliphatic hydroxyl groups excluding tert-OH is 1. The van der Waals surface area contributed by atoms with Gasteiger partial charge in [0, 0.05) is 0 Å². The number of hydrogen-bond donors (Lipinski definition) is 3. The van der Waals surface area contributed by atoms with E-state index in [1.807, 2.05) is 35.9 Å². The van der Waals surface area contributed by atoms with E-state index < -0.39 is 0 Å². The van der Waals surface area contributed by atoms with Crippen LogP contribution in [0.25, 0.3) is 10.9 Å². The molecule has 3 N–H and O–H groups in total. The first-order valence-corrected chi connectivity index (χ1v) is 9.98. The largest absolute Gasteiger partial charge is 0.391 e. The Morgan fingerprint density at radius 3 is 2.89 bits per heavy atom. The number of pyridine rings is 1. The van der Waals surface area contributed by atoms with Crippen molar-refractivity contribution in [3.05, 3.63) is 51.6 Å². The van der Waals surface area contributed by atoms with Crippen LogP contribution in [0.15, 0.2) is 29.1 Å². The Morgan fingerprint density at radius 2 is 2.11 bits per heavy atom. The lowest BCUT2D eigenvalue weighted by Gasteiger charge is -2.19. The molecule has 0 bridgehead atoms. The van der Waals surface area contributed by atoms with Crippen molar-refractivity contribution in [3.63, 3.8) is 0 Å². The van der Waals surface area contributed by atoms with Crippen molar-refractivity contribution in [1.82, 2.24) is 25.2 Å². The van der Waals surface area contributed by atoms with Crippen molar-refractivity contribution < 1.29 is 10.0 Å². The quantitative estimate of drug-likeness (QED) is 0.552. The summed E-state index contributed by atoms with van der Waals surface area (Å²) in [5.41, 5.74) is 2.57. The highest BCUT2D eigenvalue weighted by Crippen LogP contribution is 2.28. The summed E-state index contributed by atoms with van der Waals surface area (Å²) in [6.45, 7) is 3.66. The SMILES string of the molecule is Cc1cccc2cc(C[NH+](CCO)Cc3nnnn3C3CCCC3)c(=O)[nH]c12. The van der Waals surface area contributed by atoms with Gasteiger partial charge in [0.05, 0.1) is 23.7 Å². The fourth-order valence-electron chi connectivity index (χ4n) is 4.21. The number of nitrogens with zero attached hydrogens (tertiary/aromatic N) is 4.